The van der Waals surface area contributed by atoms with Crippen LogP contribution < -0.4 is 0 Å². The summed E-state index contributed by atoms with van der Waals surface area (Å²) in [6.07, 6.45) is 4.50. The SMILES string of the molecule is Cc1ccc(C#CC(=O)N(C)[C@@H]2CC[C@@]3(O)[C@H]4Cc5ccc(O)cc5[C@@]3(CCN4CCc3ccccc3)C2)cc1C. The van der Waals surface area contributed by atoms with Gasteiger partial charge in [0.1, 0.15) is 5.75 Å². The maximum absolute atomic E-state index is 13.3. The number of fused-ring (bicyclic) bond motifs is 1. The topological polar surface area (TPSA) is 64.0 Å². The van der Waals surface area contributed by atoms with E-state index in [1.807, 2.05) is 43.4 Å². The predicted molar refractivity (Wildman–Crippen MR) is 162 cm³/mol. The zero-order valence-electron chi connectivity index (χ0n) is 24.4. The average Bonchev–Trinajstić information content (AvgIpc) is 2.97. The second kappa shape index (κ2) is 10.7. The minimum Gasteiger partial charge on any atom is -0.508 e. The summed E-state index contributed by atoms with van der Waals surface area (Å²) < 4.78 is 0. The first-order valence-electron chi connectivity index (χ1n) is 14.9. The van der Waals surface area contributed by atoms with Crippen molar-refractivity contribution in [3.05, 3.63) is 100 Å². The van der Waals surface area contributed by atoms with E-state index in [-0.39, 0.29) is 23.7 Å². The number of phenolic OH excluding ortho intramolecular Hbond substituents is 1. The summed E-state index contributed by atoms with van der Waals surface area (Å²) in [5.74, 6) is 5.97. The summed E-state index contributed by atoms with van der Waals surface area (Å²) in [5.41, 5.74) is 5.33. The highest BCUT2D eigenvalue weighted by molar-refractivity contribution is 5.94. The van der Waals surface area contributed by atoms with Crippen LogP contribution >= 0.6 is 0 Å². The summed E-state index contributed by atoms with van der Waals surface area (Å²) in [7, 11) is 1.85. The maximum atomic E-state index is 13.3. The van der Waals surface area contributed by atoms with E-state index in [4.69, 9.17) is 0 Å². The first-order valence-corrected chi connectivity index (χ1v) is 14.9. The van der Waals surface area contributed by atoms with Crippen molar-refractivity contribution >= 4 is 5.91 Å². The second-order valence-corrected chi connectivity index (χ2v) is 12.5. The fourth-order valence-corrected chi connectivity index (χ4v) is 7.79. The Kier molecular flexibility index (Phi) is 7.18. The predicted octanol–water partition coefficient (Wildman–Crippen LogP) is 4.91. The number of hydrogen-bond acceptors (Lipinski definition) is 4. The first-order chi connectivity index (χ1) is 19.7. The van der Waals surface area contributed by atoms with Crippen LogP contribution in [0.4, 0.5) is 0 Å². The highest BCUT2D eigenvalue weighted by Gasteiger charge is 2.64. The van der Waals surface area contributed by atoms with Crippen molar-refractivity contribution < 1.29 is 15.0 Å². The van der Waals surface area contributed by atoms with Gasteiger partial charge in [-0.05, 0) is 111 Å². The van der Waals surface area contributed by atoms with Gasteiger partial charge in [-0.3, -0.25) is 9.69 Å². The molecule has 1 saturated heterocycles. The molecule has 5 nitrogen and oxygen atoms in total. The molecule has 2 fully saturated rings. The number of hydrogen-bond donors (Lipinski definition) is 2. The van der Waals surface area contributed by atoms with E-state index in [1.54, 1.807) is 11.0 Å². The van der Waals surface area contributed by atoms with Gasteiger partial charge >= 0.3 is 0 Å². The summed E-state index contributed by atoms with van der Waals surface area (Å²) in [5, 5.41) is 23.2. The van der Waals surface area contributed by atoms with Crippen molar-refractivity contribution in [3.8, 4) is 17.6 Å². The van der Waals surface area contributed by atoms with Crippen LogP contribution in [0.1, 0.15) is 59.1 Å². The largest absolute Gasteiger partial charge is 0.508 e. The molecule has 2 aliphatic carbocycles. The molecule has 3 aromatic rings. The molecule has 2 N–H and O–H groups in total. The normalized spacial score (nSPS) is 26.7. The van der Waals surface area contributed by atoms with E-state index in [2.05, 4.69) is 54.9 Å². The number of rotatable bonds is 4. The highest BCUT2D eigenvalue weighted by Crippen LogP contribution is 2.59. The molecule has 6 rings (SSSR count). The number of phenols is 1. The van der Waals surface area contributed by atoms with Gasteiger partial charge in [-0.2, -0.15) is 0 Å². The van der Waals surface area contributed by atoms with Gasteiger partial charge in [0.05, 0.1) is 5.60 Å². The molecule has 41 heavy (non-hydrogen) atoms. The second-order valence-electron chi connectivity index (χ2n) is 12.5. The standard InChI is InChI=1S/C36H40N2O3/c1-25-9-10-28(21-26(25)2)11-14-34(40)37(3)30-15-17-36(41)33-22-29-12-13-31(39)23-32(29)35(36,24-30)18-20-38(33)19-16-27-7-5-4-6-8-27/h4-10,12-13,21,23,30,33,39,41H,15-20,22,24H2,1-3H3/t30-,33-,35-,36-/m1/s1. The highest BCUT2D eigenvalue weighted by atomic mass is 16.3. The number of aromatic hydroxyl groups is 1. The van der Waals surface area contributed by atoms with Crippen LogP contribution in [0.15, 0.2) is 66.7 Å². The molecule has 1 heterocycles. The third-order valence-electron chi connectivity index (χ3n) is 10.3. The Morgan fingerprint density at radius 1 is 1.05 bits per heavy atom. The van der Waals surface area contributed by atoms with Crippen molar-refractivity contribution in [2.75, 3.05) is 20.1 Å². The number of carbonyl (C=O) groups excluding carboxylic acids is 1. The third kappa shape index (κ3) is 4.84. The Hall–Kier alpha value is -3.59. The van der Waals surface area contributed by atoms with Crippen LogP contribution in [-0.4, -0.2) is 63.7 Å². The summed E-state index contributed by atoms with van der Waals surface area (Å²) in [6, 6.07) is 22.2. The van der Waals surface area contributed by atoms with Gasteiger partial charge in [0.25, 0.3) is 5.91 Å². The maximum Gasteiger partial charge on any atom is 0.298 e. The molecule has 0 aromatic heterocycles. The van der Waals surface area contributed by atoms with Crippen LogP contribution in [0.3, 0.4) is 0 Å². The number of likely N-dealkylation sites (tertiary alicyclic amines) is 1. The molecule has 0 radical (unpaired) electrons. The molecule has 3 aromatic carbocycles. The van der Waals surface area contributed by atoms with Gasteiger partial charge in [-0.25, -0.2) is 0 Å². The molecular weight excluding hydrogens is 508 g/mol. The van der Waals surface area contributed by atoms with Crippen molar-refractivity contribution in [2.24, 2.45) is 0 Å². The summed E-state index contributed by atoms with van der Waals surface area (Å²) in [6.45, 7) is 5.90. The lowest BCUT2D eigenvalue weighted by atomic mass is 9.48. The van der Waals surface area contributed by atoms with Crippen LogP contribution in [0.25, 0.3) is 0 Å². The van der Waals surface area contributed by atoms with E-state index in [1.165, 1.54) is 16.7 Å². The molecule has 2 bridgehead atoms. The quantitative estimate of drug-likeness (QED) is 0.455. The van der Waals surface area contributed by atoms with E-state index in [0.717, 1.165) is 55.5 Å². The van der Waals surface area contributed by atoms with Crippen LogP contribution in [-0.2, 0) is 23.1 Å². The Morgan fingerprint density at radius 3 is 2.63 bits per heavy atom. The Labute approximate surface area is 243 Å². The Morgan fingerprint density at radius 2 is 1.85 bits per heavy atom. The van der Waals surface area contributed by atoms with Crippen molar-refractivity contribution in [3.63, 3.8) is 0 Å². The fraction of sp³-hybridized carbons (Fsp3) is 0.417. The van der Waals surface area contributed by atoms with Gasteiger partial charge in [-0.15, -0.1) is 0 Å². The third-order valence-corrected chi connectivity index (χ3v) is 10.3. The molecule has 1 aliphatic heterocycles. The number of nitrogens with zero attached hydrogens (tertiary/aromatic N) is 2. The van der Waals surface area contributed by atoms with Crippen LogP contribution in [0.2, 0.25) is 0 Å². The van der Waals surface area contributed by atoms with Crippen molar-refractivity contribution in [1.29, 1.82) is 0 Å². The van der Waals surface area contributed by atoms with Gasteiger partial charge in [-0.1, -0.05) is 48.4 Å². The lowest BCUT2D eigenvalue weighted by molar-refractivity contribution is -0.176. The number of amides is 1. The number of benzene rings is 3. The van der Waals surface area contributed by atoms with Gasteiger partial charge in [0.2, 0.25) is 0 Å². The minimum atomic E-state index is -0.922. The molecule has 0 spiro atoms. The fourth-order valence-electron chi connectivity index (χ4n) is 7.79. The monoisotopic (exact) mass is 548 g/mol. The summed E-state index contributed by atoms with van der Waals surface area (Å²) in [4.78, 5) is 17.6. The average molecular weight is 549 g/mol. The van der Waals surface area contributed by atoms with Crippen LogP contribution in [0.5, 0.6) is 5.75 Å². The number of carbonyl (C=O) groups is 1. The molecule has 3 aliphatic rings. The number of piperidine rings is 1. The zero-order valence-corrected chi connectivity index (χ0v) is 24.4. The number of aryl methyl sites for hydroxylation is 2. The van der Waals surface area contributed by atoms with Crippen molar-refractivity contribution in [1.82, 2.24) is 9.80 Å². The lowest BCUT2D eigenvalue weighted by Gasteiger charge is -2.65. The van der Waals surface area contributed by atoms with E-state index in [9.17, 15) is 15.0 Å². The van der Waals surface area contributed by atoms with E-state index < -0.39 is 11.0 Å². The Bertz CT molecular complexity index is 1520. The first kappa shape index (κ1) is 27.6. The zero-order chi connectivity index (χ0) is 28.8. The molecular formula is C36H40N2O3. The molecule has 5 heteroatoms. The molecule has 4 atom stereocenters. The van der Waals surface area contributed by atoms with Crippen molar-refractivity contribution in [2.45, 2.75) is 75.5 Å². The van der Waals surface area contributed by atoms with Crippen LogP contribution in [0, 0.1) is 25.7 Å². The smallest absolute Gasteiger partial charge is 0.298 e. The lowest BCUT2D eigenvalue weighted by Crippen LogP contribution is -2.74. The molecule has 212 valence electrons. The summed E-state index contributed by atoms with van der Waals surface area (Å²) >= 11 is 0. The molecule has 1 amide bonds. The minimum absolute atomic E-state index is 0.00327. The number of aliphatic hydroxyl groups is 1. The van der Waals surface area contributed by atoms with Gasteiger partial charge in [0.15, 0.2) is 0 Å². The Balaban J connectivity index is 1.27. The molecule has 1 saturated carbocycles. The van der Waals surface area contributed by atoms with Gasteiger partial charge < -0.3 is 15.1 Å². The molecule has 0 unspecified atom stereocenters. The van der Waals surface area contributed by atoms with E-state index >= 15 is 0 Å². The van der Waals surface area contributed by atoms with Gasteiger partial charge in [0, 0.05) is 42.6 Å². The van der Waals surface area contributed by atoms with E-state index in [0.29, 0.717) is 12.8 Å².